The smallest absolute Gasteiger partial charge is 0.336 e. The van der Waals surface area contributed by atoms with E-state index in [1.807, 2.05) is 25.1 Å². The Labute approximate surface area is 89.2 Å². The van der Waals surface area contributed by atoms with Gasteiger partial charge in [-0.2, -0.15) is 0 Å². The topological polar surface area (TPSA) is 63.3 Å². The highest BCUT2D eigenvalue weighted by molar-refractivity contribution is 5.92. The molecule has 0 atom stereocenters. The number of aryl methyl sites for hydroxylation is 1. The molecule has 0 unspecified atom stereocenters. The van der Waals surface area contributed by atoms with Crippen molar-refractivity contribution in [3.05, 3.63) is 41.0 Å². The number of carbonyl (C=O) groups is 1. The molecule has 0 spiro atoms. The number of hydrogen-bond donors (Lipinski definition) is 2. The summed E-state index contributed by atoms with van der Waals surface area (Å²) in [6.45, 7) is 2.51. The molecule has 1 aromatic carbocycles. The van der Waals surface area contributed by atoms with Gasteiger partial charge < -0.3 is 10.8 Å². The van der Waals surface area contributed by atoms with E-state index >= 15 is 0 Å². The van der Waals surface area contributed by atoms with Crippen molar-refractivity contribution in [2.75, 3.05) is 6.54 Å². The van der Waals surface area contributed by atoms with Gasteiger partial charge >= 0.3 is 5.97 Å². The number of hydrogen-bond acceptors (Lipinski definition) is 2. The molecule has 0 heterocycles. The van der Waals surface area contributed by atoms with Crippen molar-refractivity contribution < 1.29 is 9.90 Å². The van der Waals surface area contributed by atoms with E-state index in [1.165, 1.54) is 0 Å². The maximum Gasteiger partial charge on any atom is 0.336 e. The van der Waals surface area contributed by atoms with Crippen LogP contribution in [0.2, 0.25) is 0 Å². The second kappa shape index (κ2) is 5.32. The lowest BCUT2D eigenvalue weighted by Gasteiger charge is -2.02. The minimum Gasteiger partial charge on any atom is -0.478 e. The number of aromatic carboxylic acids is 1. The summed E-state index contributed by atoms with van der Waals surface area (Å²) in [4.78, 5) is 10.9. The van der Waals surface area contributed by atoms with Crippen LogP contribution in [-0.4, -0.2) is 17.6 Å². The largest absolute Gasteiger partial charge is 0.478 e. The van der Waals surface area contributed by atoms with E-state index in [9.17, 15) is 4.79 Å². The van der Waals surface area contributed by atoms with Crippen molar-refractivity contribution in [3.8, 4) is 0 Å². The van der Waals surface area contributed by atoms with Gasteiger partial charge in [-0.05, 0) is 31.5 Å². The van der Waals surface area contributed by atoms with Crippen LogP contribution < -0.4 is 5.73 Å². The van der Waals surface area contributed by atoms with Gasteiger partial charge in [-0.1, -0.05) is 29.8 Å². The van der Waals surface area contributed by atoms with E-state index in [1.54, 1.807) is 12.1 Å². The zero-order chi connectivity index (χ0) is 11.3. The Hall–Kier alpha value is -1.61. The number of benzene rings is 1. The van der Waals surface area contributed by atoms with Crippen LogP contribution in [-0.2, 0) is 0 Å². The molecule has 0 radical (unpaired) electrons. The van der Waals surface area contributed by atoms with Gasteiger partial charge in [-0.15, -0.1) is 0 Å². The highest BCUT2D eigenvalue weighted by Gasteiger charge is 2.06. The third kappa shape index (κ3) is 3.22. The summed E-state index contributed by atoms with van der Waals surface area (Å²) in [5.41, 5.74) is 7.46. The van der Waals surface area contributed by atoms with Crippen LogP contribution >= 0.6 is 0 Å². The molecule has 3 heteroatoms. The van der Waals surface area contributed by atoms with Crippen molar-refractivity contribution in [1.82, 2.24) is 0 Å². The fourth-order valence-corrected chi connectivity index (χ4v) is 1.32. The molecule has 0 aliphatic carbocycles. The zero-order valence-electron chi connectivity index (χ0n) is 8.73. The number of carboxylic acids is 1. The van der Waals surface area contributed by atoms with Crippen molar-refractivity contribution in [2.45, 2.75) is 13.3 Å². The predicted molar refractivity (Wildman–Crippen MR) is 60.8 cm³/mol. The van der Waals surface area contributed by atoms with Gasteiger partial charge in [-0.3, -0.25) is 0 Å². The molecule has 1 aromatic rings. The standard InChI is InChI=1S/C12H15NO2/c1-9-5-6-11(12(14)15)10(8-9)4-2-3-7-13/h2,4-6,8H,3,7,13H2,1H3,(H,14,15). The Kier molecular flexibility index (Phi) is 4.06. The predicted octanol–water partition coefficient (Wildman–Crippen LogP) is 2.06. The van der Waals surface area contributed by atoms with Crippen LogP contribution in [0.4, 0.5) is 0 Å². The molecule has 80 valence electrons. The maximum absolute atomic E-state index is 10.9. The third-order valence-corrected chi connectivity index (χ3v) is 2.07. The quantitative estimate of drug-likeness (QED) is 0.790. The summed E-state index contributed by atoms with van der Waals surface area (Å²) in [7, 11) is 0. The van der Waals surface area contributed by atoms with Gasteiger partial charge in [0.1, 0.15) is 0 Å². The van der Waals surface area contributed by atoms with Gasteiger partial charge in [0.25, 0.3) is 0 Å². The van der Waals surface area contributed by atoms with Crippen molar-refractivity contribution in [3.63, 3.8) is 0 Å². The molecule has 0 amide bonds. The number of nitrogens with two attached hydrogens (primary N) is 1. The van der Waals surface area contributed by atoms with E-state index in [0.717, 1.165) is 17.5 Å². The Morgan fingerprint density at radius 1 is 1.53 bits per heavy atom. The van der Waals surface area contributed by atoms with Crippen LogP contribution in [0.5, 0.6) is 0 Å². The lowest BCUT2D eigenvalue weighted by molar-refractivity contribution is 0.0696. The Bertz CT molecular complexity index is 383. The summed E-state index contributed by atoms with van der Waals surface area (Å²) in [5, 5.41) is 8.95. The molecule has 0 aromatic heterocycles. The SMILES string of the molecule is Cc1ccc(C(=O)O)c(C=CCCN)c1. The molecule has 0 aliphatic rings. The summed E-state index contributed by atoms with van der Waals surface area (Å²) >= 11 is 0. The van der Waals surface area contributed by atoms with Gasteiger partial charge in [0.05, 0.1) is 5.56 Å². The number of carboxylic acid groups (broad SMARTS) is 1. The fourth-order valence-electron chi connectivity index (χ4n) is 1.32. The first kappa shape index (κ1) is 11.5. The van der Waals surface area contributed by atoms with Crippen molar-refractivity contribution in [2.24, 2.45) is 5.73 Å². The minimum atomic E-state index is -0.901. The van der Waals surface area contributed by atoms with E-state index < -0.39 is 5.97 Å². The van der Waals surface area contributed by atoms with Crippen molar-refractivity contribution >= 4 is 12.0 Å². The molecule has 3 nitrogen and oxygen atoms in total. The molecule has 0 fully saturated rings. The summed E-state index contributed by atoms with van der Waals surface area (Å²) in [6, 6.07) is 5.28. The zero-order valence-corrected chi connectivity index (χ0v) is 8.73. The summed E-state index contributed by atoms with van der Waals surface area (Å²) < 4.78 is 0. The third-order valence-electron chi connectivity index (χ3n) is 2.07. The van der Waals surface area contributed by atoms with E-state index in [-0.39, 0.29) is 0 Å². The fraction of sp³-hybridized carbons (Fsp3) is 0.250. The monoisotopic (exact) mass is 205 g/mol. The highest BCUT2D eigenvalue weighted by Crippen LogP contribution is 2.13. The minimum absolute atomic E-state index is 0.328. The van der Waals surface area contributed by atoms with Crippen molar-refractivity contribution in [1.29, 1.82) is 0 Å². The molecule has 3 N–H and O–H groups in total. The summed E-state index contributed by atoms with van der Waals surface area (Å²) in [5.74, 6) is -0.901. The normalized spacial score (nSPS) is 10.8. The average molecular weight is 205 g/mol. The van der Waals surface area contributed by atoms with Gasteiger partial charge in [0.15, 0.2) is 0 Å². The molecular weight excluding hydrogens is 190 g/mol. The Balaban J connectivity index is 3.02. The van der Waals surface area contributed by atoms with Crippen LogP contribution in [0.25, 0.3) is 6.08 Å². The van der Waals surface area contributed by atoms with E-state index in [0.29, 0.717) is 12.1 Å². The average Bonchev–Trinajstić information content (AvgIpc) is 2.18. The van der Waals surface area contributed by atoms with Crippen LogP contribution in [0.3, 0.4) is 0 Å². The second-order valence-electron chi connectivity index (χ2n) is 3.38. The lowest BCUT2D eigenvalue weighted by atomic mass is 10.0. The van der Waals surface area contributed by atoms with Gasteiger partial charge in [0.2, 0.25) is 0 Å². The van der Waals surface area contributed by atoms with Gasteiger partial charge in [0, 0.05) is 0 Å². The molecular formula is C12H15NO2. The Morgan fingerprint density at radius 2 is 2.27 bits per heavy atom. The molecule has 0 saturated carbocycles. The first-order valence-corrected chi connectivity index (χ1v) is 4.85. The first-order valence-electron chi connectivity index (χ1n) is 4.85. The number of rotatable bonds is 4. The summed E-state index contributed by atoms with van der Waals surface area (Å²) in [6.07, 6.45) is 4.46. The molecule has 0 saturated heterocycles. The Morgan fingerprint density at radius 3 is 2.87 bits per heavy atom. The van der Waals surface area contributed by atoms with Crippen LogP contribution in [0, 0.1) is 6.92 Å². The first-order chi connectivity index (χ1) is 7.15. The molecule has 15 heavy (non-hydrogen) atoms. The van der Waals surface area contributed by atoms with Crippen LogP contribution in [0.15, 0.2) is 24.3 Å². The van der Waals surface area contributed by atoms with Gasteiger partial charge in [-0.25, -0.2) is 4.79 Å². The molecule has 1 rings (SSSR count). The second-order valence-corrected chi connectivity index (χ2v) is 3.38. The van der Waals surface area contributed by atoms with Crippen LogP contribution in [0.1, 0.15) is 27.9 Å². The highest BCUT2D eigenvalue weighted by atomic mass is 16.4. The van der Waals surface area contributed by atoms with E-state index in [4.69, 9.17) is 10.8 Å². The molecule has 0 bridgehead atoms. The maximum atomic E-state index is 10.9. The van der Waals surface area contributed by atoms with E-state index in [2.05, 4.69) is 0 Å². The lowest BCUT2D eigenvalue weighted by Crippen LogP contribution is -2.00. The molecule has 0 aliphatic heterocycles.